The minimum Gasteiger partial charge on any atom is -0.457 e. The first-order chi connectivity index (χ1) is 16.5. The molecular weight excluding hydrogens is 435 g/mol. The largest absolute Gasteiger partial charge is 0.457 e. The van der Waals surface area contributed by atoms with Crippen LogP contribution >= 0.6 is 0 Å². The van der Waals surface area contributed by atoms with E-state index < -0.39 is 0 Å². The van der Waals surface area contributed by atoms with Crippen LogP contribution in [-0.2, 0) is 4.79 Å². The molecule has 5 rings (SSSR count). The summed E-state index contributed by atoms with van der Waals surface area (Å²) < 4.78 is 18.6. The maximum absolute atomic E-state index is 12.9. The molecule has 0 unspecified atom stereocenters. The van der Waals surface area contributed by atoms with Crippen LogP contribution in [0.25, 0.3) is 22.3 Å². The first-order valence-corrected chi connectivity index (χ1v) is 10.9. The standard InChI is InChI=1S/C17H12FN5O.C8H13NO/c18-11-3-7-13(8-4-11)24-12-5-1-10(2-6-12)15-14-16(19)20-9-21-17(14)23-22-15;1-2-8(10)9-6-4-3-5-7-9/h1-9H,(H3,19,20,21,22,23);2H,1,3-7H2. The second kappa shape index (κ2) is 10.6. The Hall–Kier alpha value is -4.27. The van der Waals surface area contributed by atoms with Gasteiger partial charge in [-0.3, -0.25) is 9.89 Å². The van der Waals surface area contributed by atoms with Gasteiger partial charge in [-0.2, -0.15) is 5.10 Å². The molecule has 3 N–H and O–H groups in total. The number of aromatic nitrogens is 4. The molecule has 4 aromatic rings. The fourth-order valence-corrected chi connectivity index (χ4v) is 3.66. The maximum atomic E-state index is 12.9. The minimum atomic E-state index is -0.302. The van der Waals surface area contributed by atoms with Crippen molar-refractivity contribution in [3.05, 3.63) is 73.3 Å². The number of halogens is 1. The van der Waals surface area contributed by atoms with Crippen molar-refractivity contribution in [3.8, 4) is 22.8 Å². The normalized spacial score (nSPS) is 13.1. The molecule has 0 atom stereocenters. The van der Waals surface area contributed by atoms with Gasteiger partial charge in [-0.15, -0.1) is 0 Å². The Morgan fingerprint density at radius 3 is 2.32 bits per heavy atom. The number of benzene rings is 2. The van der Waals surface area contributed by atoms with E-state index in [1.165, 1.54) is 31.0 Å². The second-order valence-corrected chi connectivity index (χ2v) is 7.73. The highest BCUT2D eigenvalue weighted by molar-refractivity contribution is 5.97. The highest BCUT2D eigenvalue weighted by Crippen LogP contribution is 2.30. The van der Waals surface area contributed by atoms with Gasteiger partial charge >= 0.3 is 0 Å². The molecule has 0 spiro atoms. The summed E-state index contributed by atoms with van der Waals surface area (Å²) in [5.41, 5.74) is 8.06. The number of piperidine rings is 1. The van der Waals surface area contributed by atoms with E-state index in [4.69, 9.17) is 10.5 Å². The number of hydrogen-bond donors (Lipinski definition) is 2. The Morgan fingerprint density at radius 2 is 1.68 bits per heavy atom. The Kier molecular flexibility index (Phi) is 7.12. The van der Waals surface area contributed by atoms with Gasteiger partial charge < -0.3 is 15.4 Å². The van der Waals surface area contributed by atoms with Gasteiger partial charge in [-0.25, -0.2) is 14.4 Å². The summed E-state index contributed by atoms with van der Waals surface area (Å²) in [6.45, 7) is 5.29. The van der Waals surface area contributed by atoms with Crippen LogP contribution in [0.1, 0.15) is 19.3 Å². The molecule has 1 aliphatic rings. The number of likely N-dealkylation sites (tertiary alicyclic amines) is 1. The maximum Gasteiger partial charge on any atom is 0.245 e. The number of nitrogens with one attached hydrogen (secondary N) is 1. The van der Waals surface area contributed by atoms with E-state index in [2.05, 4.69) is 26.7 Å². The van der Waals surface area contributed by atoms with Crippen molar-refractivity contribution in [2.24, 2.45) is 0 Å². The molecule has 0 aliphatic carbocycles. The van der Waals surface area contributed by atoms with Gasteiger partial charge in [0.2, 0.25) is 5.91 Å². The smallest absolute Gasteiger partial charge is 0.245 e. The molecule has 2 aromatic heterocycles. The molecule has 0 saturated carbocycles. The third-order valence-electron chi connectivity index (χ3n) is 5.41. The summed E-state index contributed by atoms with van der Waals surface area (Å²) in [6.07, 6.45) is 6.34. The average molecular weight is 461 g/mol. The number of nitrogen functional groups attached to an aromatic ring is 1. The minimum absolute atomic E-state index is 0.0831. The second-order valence-electron chi connectivity index (χ2n) is 7.73. The number of H-pyrrole nitrogens is 1. The first kappa shape index (κ1) is 22.9. The summed E-state index contributed by atoms with van der Waals surface area (Å²) in [6, 6.07) is 13.2. The zero-order chi connectivity index (χ0) is 23.9. The molecule has 174 valence electrons. The summed E-state index contributed by atoms with van der Waals surface area (Å²) in [4.78, 5) is 20.9. The van der Waals surface area contributed by atoms with E-state index in [9.17, 15) is 9.18 Å². The number of rotatable bonds is 4. The molecule has 34 heavy (non-hydrogen) atoms. The number of amides is 1. The Labute approximate surface area is 196 Å². The molecule has 3 heterocycles. The monoisotopic (exact) mass is 460 g/mol. The zero-order valence-electron chi connectivity index (χ0n) is 18.6. The van der Waals surface area contributed by atoms with Crippen LogP contribution in [0.15, 0.2) is 67.5 Å². The topological polar surface area (TPSA) is 110 Å². The summed E-state index contributed by atoms with van der Waals surface area (Å²) in [5.74, 6) is 1.35. The number of nitrogens with zero attached hydrogens (tertiary/aromatic N) is 4. The van der Waals surface area contributed by atoms with Crippen molar-refractivity contribution in [1.29, 1.82) is 0 Å². The van der Waals surface area contributed by atoms with Crippen molar-refractivity contribution in [3.63, 3.8) is 0 Å². The lowest BCUT2D eigenvalue weighted by atomic mass is 10.1. The number of fused-ring (bicyclic) bond motifs is 1. The molecule has 9 heteroatoms. The van der Waals surface area contributed by atoms with Gasteiger partial charge in [-0.05, 0) is 73.9 Å². The summed E-state index contributed by atoms with van der Waals surface area (Å²) in [5, 5.41) is 7.75. The summed E-state index contributed by atoms with van der Waals surface area (Å²) >= 11 is 0. The lowest BCUT2D eigenvalue weighted by molar-refractivity contribution is -0.126. The third-order valence-corrected chi connectivity index (χ3v) is 5.41. The number of anilines is 1. The molecule has 8 nitrogen and oxygen atoms in total. The number of hydrogen-bond acceptors (Lipinski definition) is 6. The van der Waals surface area contributed by atoms with Crippen LogP contribution in [0.5, 0.6) is 11.5 Å². The van der Waals surface area contributed by atoms with E-state index in [0.717, 1.165) is 37.2 Å². The van der Waals surface area contributed by atoms with E-state index in [-0.39, 0.29) is 11.7 Å². The SMILES string of the molecule is C=CC(=O)N1CCCCC1.Nc1ncnc2n[nH]c(-c3ccc(Oc4ccc(F)cc4)cc3)c12. The van der Waals surface area contributed by atoms with Gasteiger partial charge in [0.1, 0.15) is 29.5 Å². The van der Waals surface area contributed by atoms with Crippen molar-refractivity contribution < 1.29 is 13.9 Å². The molecule has 1 saturated heterocycles. The van der Waals surface area contributed by atoms with Crippen LogP contribution in [0.2, 0.25) is 0 Å². The van der Waals surface area contributed by atoms with E-state index in [1.54, 1.807) is 12.1 Å². The number of nitrogens with two attached hydrogens (primary N) is 1. The zero-order valence-corrected chi connectivity index (χ0v) is 18.6. The van der Waals surface area contributed by atoms with E-state index in [1.807, 2.05) is 29.2 Å². The Morgan fingerprint density at radius 1 is 1.03 bits per heavy atom. The highest BCUT2D eigenvalue weighted by atomic mass is 19.1. The number of carbonyl (C=O) groups is 1. The van der Waals surface area contributed by atoms with Crippen molar-refractivity contribution in [2.75, 3.05) is 18.8 Å². The Balaban J connectivity index is 0.000000231. The van der Waals surface area contributed by atoms with Gasteiger partial charge in [0.25, 0.3) is 0 Å². The van der Waals surface area contributed by atoms with Gasteiger partial charge in [0.05, 0.1) is 11.1 Å². The van der Waals surface area contributed by atoms with E-state index in [0.29, 0.717) is 28.4 Å². The quantitative estimate of drug-likeness (QED) is 0.427. The number of carbonyl (C=O) groups excluding carboxylic acids is 1. The predicted octanol–water partition coefficient (Wildman–Crippen LogP) is 4.72. The van der Waals surface area contributed by atoms with Gasteiger partial charge in [0, 0.05) is 18.7 Å². The van der Waals surface area contributed by atoms with Gasteiger partial charge in [-0.1, -0.05) is 6.58 Å². The van der Waals surface area contributed by atoms with Crippen LogP contribution in [0.3, 0.4) is 0 Å². The molecule has 0 radical (unpaired) electrons. The predicted molar refractivity (Wildman–Crippen MR) is 129 cm³/mol. The van der Waals surface area contributed by atoms with Crippen molar-refractivity contribution in [1.82, 2.24) is 25.1 Å². The first-order valence-electron chi connectivity index (χ1n) is 10.9. The molecule has 1 aliphatic heterocycles. The van der Waals surface area contributed by atoms with Crippen molar-refractivity contribution in [2.45, 2.75) is 19.3 Å². The lowest BCUT2D eigenvalue weighted by Gasteiger charge is -2.25. The van der Waals surface area contributed by atoms with Crippen LogP contribution in [0.4, 0.5) is 10.2 Å². The highest BCUT2D eigenvalue weighted by Gasteiger charge is 2.13. The fraction of sp³-hybridized carbons (Fsp3) is 0.200. The summed E-state index contributed by atoms with van der Waals surface area (Å²) in [7, 11) is 0. The molecule has 0 bridgehead atoms. The molecule has 2 aromatic carbocycles. The fourth-order valence-electron chi connectivity index (χ4n) is 3.66. The molecular formula is C25H25FN6O2. The molecule has 1 amide bonds. The van der Waals surface area contributed by atoms with E-state index >= 15 is 0 Å². The van der Waals surface area contributed by atoms with Gasteiger partial charge in [0.15, 0.2) is 5.65 Å². The number of ether oxygens (including phenoxy) is 1. The van der Waals surface area contributed by atoms with Crippen LogP contribution in [-0.4, -0.2) is 44.1 Å². The van der Waals surface area contributed by atoms with Crippen LogP contribution < -0.4 is 10.5 Å². The van der Waals surface area contributed by atoms with Crippen LogP contribution in [0, 0.1) is 5.82 Å². The number of aromatic amines is 1. The average Bonchev–Trinajstić information content (AvgIpc) is 3.32. The lowest BCUT2D eigenvalue weighted by Crippen LogP contribution is -2.34. The molecule has 1 fully saturated rings. The van der Waals surface area contributed by atoms with Crippen molar-refractivity contribution >= 4 is 22.8 Å². The third kappa shape index (κ3) is 5.37. The Bertz CT molecular complexity index is 1270.